The standard InChI is InChI=1S/C15H21N3OS/c1-18(2)9-3-8-17-15(19)12-20-11-14-6-4-13(10-16)5-7-14/h4-7H,3,8-9,11-12H2,1-2H3,(H,17,19). The zero-order valence-corrected chi connectivity index (χ0v) is 12.9. The molecule has 0 aliphatic rings. The topological polar surface area (TPSA) is 56.1 Å². The van der Waals surface area contributed by atoms with Crippen molar-refractivity contribution in [3.05, 3.63) is 35.4 Å². The van der Waals surface area contributed by atoms with Crippen LogP contribution in [0.3, 0.4) is 0 Å². The van der Waals surface area contributed by atoms with E-state index in [0.29, 0.717) is 11.3 Å². The Labute approximate surface area is 125 Å². The van der Waals surface area contributed by atoms with E-state index in [-0.39, 0.29) is 5.91 Å². The molecule has 5 heteroatoms. The zero-order chi connectivity index (χ0) is 14.8. The van der Waals surface area contributed by atoms with Gasteiger partial charge in [0.05, 0.1) is 17.4 Å². The summed E-state index contributed by atoms with van der Waals surface area (Å²) in [6, 6.07) is 9.56. The Morgan fingerprint density at radius 2 is 2.05 bits per heavy atom. The normalized spacial score (nSPS) is 10.3. The molecule has 0 radical (unpaired) electrons. The van der Waals surface area contributed by atoms with E-state index >= 15 is 0 Å². The van der Waals surface area contributed by atoms with Gasteiger partial charge in [0.1, 0.15) is 0 Å². The molecule has 1 aromatic carbocycles. The van der Waals surface area contributed by atoms with E-state index < -0.39 is 0 Å². The van der Waals surface area contributed by atoms with Gasteiger partial charge in [-0.3, -0.25) is 4.79 Å². The Morgan fingerprint density at radius 1 is 1.35 bits per heavy atom. The first-order chi connectivity index (χ1) is 9.61. The van der Waals surface area contributed by atoms with E-state index in [9.17, 15) is 4.79 Å². The molecule has 0 aromatic heterocycles. The van der Waals surface area contributed by atoms with Crippen molar-refractivity contribution in [2.45, 2.75) is 12.2 Å². The second-order valence-electron chi connectivity index (χ2n) is 4.81. The number of nitriles is 1. The number of benzene rings is 1. The molecule has 1 rings (SSSR count). The number of thioether (sulfide) groups is 1. The molecule has 0 atom stereocenters. The highest BCUT2D eigenvalue weighted by molar-refractivity contribution is 7.99. The number of hydrogen-bond acceptors (Lipinski definition) is 4. The maximum Gasteiger partial charge on any atom is 0.230 e. The lowest BCUT2D eigenvalue weighted by molar-refractivity contribution is -0.118. The highest BCUT2D eigenvalue weighted by atomic mass is 32.2. The van der Waals surface area contributed by atoms with Gasteiger partial charge in [-0.1, -0.05) is 12.1 Å². The van der Waals surface area contributed by atoms with Gasteiger partial charge in [0.25, 0.3) is 0 Å². The van der Waals surface area contributed by atoms with Gasteiger partial charge >= 0.3 is 0 Å². The van der Waals surface area contributed by atoms with Crippen LogP contribution >= 0.6 is 11.8 Å². The third-order valence-electron chi connectivity index (χ3n) is 2.69. The number of nitrogens with zero attached hydrogens (tertiary/aromatic N) is 2. The molecule has 108 valence electrons. The van der Waals surface area contributed by atoms with Crippen molar-refractivity contribution in [1.82, 2.24) is 10.2 Å². The third-order valence-corrected chi connectivity index (χ3v) is 3.69. The van der Waals surface area contributed by atoms with Gasteiger partial charge in [0, 0.05) is 12.3 Å². The number of rotatable bonds is 8. The highest BCUT2D eigenvalue weighted by Crippen LogP contribution is 2.12. The van der Waals surface area contributed by atoms with Crippen molar-refractivity contribution in [2.75, 3.05) is 32.9 Å². The van der Waals surface area contributed by atoms with Crippen LogP contribution in [0, 0.1) is 11.3 Å². The van der Waals surface area contributed by atoms with Gasteiger partial charge in [0.2, 0.25) is 5.91 Å². The van der Waals surface area contributed by atoms with Crippen LogP contribution in [-0.4, -0.2) is 43.7 Å². The number of amides is 1. The van der Waals surface area contributed by atoms with Crippen molar-refractivity contribution in [3.63, 3.8) is 0 Å². The summed E-state index contributed by atoms with van der Waals surface area (Å²) in [4.78, 5) is 13.7. The first-order valence-corrected chi connectivity index (χ1v) is 7.75. The van der Waals surface area contributed by atoms with E-state index in [1.165, 1.54) is 0 Å². The maximum absolute atomic E-state index is 11.6. The SMILES string of the molecule is CN(C)CCCNC(=O)CSCc1ccc(C#N)cc1. The van der Waals surface area contributed by atoms with Gasteiger partial charge in [0.15, 0.2) is 0 Å². The van der Waals surface area contributed by atoms with E-state index in [1.807, 2.05) is 26.2 Å². The summed E-state index contributed by atoms with van der Waals surface area (Å²) in [5.41, 5.74) is 1.80. The molecule has 0 saturated carbocycles. The molecular formula is C15H21N3OS. The summed E-state index contributed by atoms with van der Waals surface area (Å²) >= 11 is 1.59. The molecule has 0 unspecified atom stereocenters. The molecule has 20 heavy (non-hydrogen) atoms. The molecule has 0 bridgehead atoms. The predicted molar refractivity (Wildman–Crippen MR) is 83.5 cm³/mol. The van der Waals surface area contributed by atoms with Crippen molar-refractivity contribution in [3.8, 4) is 6.07 Å². The van der Waals surface area contributed by atoms with Crippen molar-refractivity contribution in [2.24, 2.45) is 0 Å². The number of hydrogen-bond donors (Lipinski definition) is 1. The molecule has 0 heterocycles. The number of carbonyl (C=O) groups excluding carboxylic acids is 1. The van der Waals surface area contributed by atoms with Crippen LogP contribution in [0.4, 0.5) is 0 Å². The minimum atomic E-state index is 0.0856. The fourth-order valence-electron chi connectivity index (χ4n) is 1.61. The van der Waals surface area contributed by atoms with Crippen LogP contribution < -0.4 is 5.32 Å². The molecule has 1 amide bonds. The Kier molecular flexibility index (Phi) is 7.78. The van der Waals surface area contributed by atoms with Crippen LogP contribution in [0.25, 0.3) is 0 Å². The maximum atomic E-state index is 11.6. The van der Waals surface area contributed by atoms with Gasteiger partial charge in [-0.2, -0.15) is 5.26 Å². The fraction of sp³-hybridized carbons (Fsp3) is 0.467. The number of carbonyl (C=O) groups is 1. The monoisotopic (exact) mass is 291 g/mol. The van der Waals surface area contributed by atoms with Crippen molar-refractivity contribution in [1.29, 1.82) is 5.26 Å². The lowest BCUT2D eigenvalue weighted by Gasteiger charge is -2.09. The number of nitrogens with one attached hydrogen (secondary N) is 1. The van der Waals surface area contributed by atoms with Crippen LogP contribution in [0.5, 0.6) is 0 Å². The molecular weight excluding hydrogens is 270 g/mol. The second kappa shape index (κ2) is 9.40. The molecule has 1 aromatic rings. The van der Waals surface area contributed by atoms with Crippen molar-refractivity contribution >= 4 is 17.7 Å². The van der Waals surface area contributed by atoms with E-state index in [2.05, 4.69) is 16.3 Å². The average molecular weight is 291 g/mol. The van der Waals surface area contributed by atoms with Crippen LogP contribution in [0.1, 0.15) is 17.5 Å². The lowest BCUT2D eigenvalue weighted by Crippen LogP contribution is -2.28. The largest absolute Gasteiger partial charge is 0.355 e. The smallest absolute Gasteiger partial charge is 0.230 e. The second-order valence-corrected chi connectivity index (χ2v) is 5.79. The van der Waals surface area contributed by atoms with Gasteiger partial charge < -0.3 is 10.2 Å². The molecule has 4 nitrogen and oxygen atoms in total. The first-order valence-electron chi connectivity index (χ1n) is 6.60. The van der Waals surface area contributed by atoms with Gasteiger partial charge in [-0.05, 0) is 44.8 Å². The molecule has 0 aliphatic heterocycles. The summed E-state index contributed by atoms with van der Waals surface area (Å²) in [5.74, 6) is 1.35. The van der Waals surface area contributed by atoms with E-state index in [4.69, 9.17) is 5.26 Å². The molecule has 0 saturated heterocycles. The van der Waals surface area contributed by atoms with E-state index in [0.717, 1.165) is 30.8 Å². The Morgan fingerprint density at radius 3 is 2.65 bits per heavy atom. The molecule has 0 fully saturated rings. The summed E-state index contributed by atoms with van der Waals surface area (Å²) in [6.07, 6.45) is 0.971. The Balaban J connectivity index is 2.13. The molecule has 0 aliphatic carbocycles. The molecule has 0 spiro atoms. The van der Waals surface area contributed by atoms with Gasteiger partial charge in [-0.25, -0.2) is 0 Å². The van der Waals surface area contributed by atoms with Crippen molar-refractivity contribution < 1.29 is 4.79 Å². The lowest BCUT2D eigenvalue weighted by atomic mass is 10.2. The van der Waals surface area contributed by atoms with Crippen LogP contribution in [0.15, 0.2) is 24.3 Å². The third kappa shape index (κ3) is 7.17. The highest BCUT2D eigenvalue weighted by Gasteiger charge is 2.02. The predicted octanol–water partition coefficient (Wildman–Crippen LogP) is 1.86. The van der Waals surface area contributed by atoms with Crippen LogP contribution in [-0.2, 0) is 10.5 Å². The van der Waals surface area contributed by atoms with Gasteiger partial charge in [-0.15, -0.1) is 11.8 Å². The quantitative estimate of drug-likeness (QED) is 0.743. The average Bonchev–Trinajstić information content (AvgIpc) is 2.44. The summed E-state index contributed by atoms with van der Waals surface area (Å²) in [5, 5.41) is 11.6. The first kappa shape index (κ1) is 16.5. The summed E-state index contributed by atoms with van der Waals surface area (Å²) in [6.45, 7) is 1.72. The summed E-state index contributed by atoms with van der Waals surface area (Å²) in [7, 11) is 4.05. The Hall–Kier alpha value is -1.51. The molecule has 1 N–H and O–H groups in total. The van der Waals surface area contributed by atoms with Crippen LogP contribution in [0.2, 0.25) is 0 Å². The Bertz CT molecular complexity index is 451. The minimum Gasteiger partial charge on any atom is -0.355 e. The zero-order valence-electron chi connectivity index (χ0n) is 12.1. The minimum absolute atomic E-state index is 0.0856. The summed E-state index contributed by atoms with van der Waals surface area (Å²) < 4.78 is 0. The van der Waals surface area contributed by atoms with E-state index in [1.54, 1.807) is 23.9 Å². The fourth-order valence-corrected chi connectivity index (χ4v) is 2.43.